The van der Waals surface area contributed by atoms with Gasteiger partial charge in [-0.2, -0.15) is 0 Å². The van der Waals surface area contributed by atoms with Gasteiger partial charge in [-0.3, -0.25) is 0 Å². The minimum Gasteiger partial charge on any atom is -0.492 e. The van der Waals surface area contributed by atoms with E-state index in [0.29, 0.717) is 16.9 Å². The predicted molar refractivity (Wildman–Crippen MR) is 110 cm³/mol. The van der Waals surface area contributed by atoms with Crippen LogP contribution in [0.4, 0.5) is 0 Å². The molecule has 3 aromatic carbocycles. The molecule has 1 atom stereocenters. The third kappa shape index (κ3) is 2.98. The summed E-state index contributed by atoms with van der Waals surface area (Å²) in [5, 5.41) is 11.2. The zero-order chi connectivity index (χ0) is 19.9. The summed E-state index contributed by atoms with van der Waals surface area (Å²) in [5.41, 5.74) is 2.45. The minimum absolute atomic E-state index is 0.0974. The lowest BCUT2D eigenvalue weighted by atomic mass is 9.79. The molecule has 0 saturated carbocycles. The molecule has 0 saturated heterocycles. The fourth-order valence-electron chi connectivity index (χ4n) is 3.61. The number of ether oxygens (including phenoxy) is 2. The van der Waals surface area contributed by atoms with Gasteiger partial charge in [0.25, 0.3) is 0 Å². The van der Waals surface area contributed by atoms with Crippen molar-refractivity contribution >= 4 is 30.7 Å². The lowest BCUT2D eigenvalue weighted by molar-refractivity contribution is 0.0600. The molecule has 0 spiro atoms. The van der Waals surface area contributed by atoms with Crippen LogP contribution >= 0.6 is 0 Å². The Kier molecular flexibility index (Phi) is 4.48. The summed E-state index contributed by atoms with van der Waals surface area (Å²) in [4.78, 5) is 12.8. The largest absolute Gasteiger partial charge is 0.492 e. The van der Waals surface area contributed by atoms with Gasteiger partial charge in [-0.1, -0.05) is 54.6 Å². The SMILES string of the molecule is [B]C1(C)C=Cc2c(C(=O)OC)c(-c3ccccc3)c3ccc(CO)cc3c2O1. The highest BCUT2D eigenvalue weighted by Crippen LogP contribution is 2.45. The molecular weight excluding hydrogens is 351 g/mol. The fraction of sp³-hybridized carbons (Fsp3) is 0.174. The van der Waals surface area contributed by atoms with Crippen molar-refractivity contribution in [2.45, 2.75) is 19.0 Å². The van der Waals surface area contributed by atoms with E-state index in [4.69, 9.17) is 17.3 Å². The number of esters is 1. The third-order valence-corrected chi connectivity index (χ3v) is 4.90. The average Bonchev–Trinajstić information content (AvgIpc) is 2.72. The standard InChI is InChI=1S/C23H19BO4/c1-23(24)11-10-17-20(22(26)27-2)19(15-6-4-3-5-7-15)16-9-8-14(13-25)12-18(16)21(17)28-23/h3-12,25H,13H2,1-2H3. The summed E-state index contributed by atoms with van der Waals surface area (Å²) in [6, 6.07) is 15.3. The first-order chi connectivity index (χ1) is 13.4. The van der Waals surface area contributed by atoms with E-state index in [-0.39, 0.29) is 6.61 Å². The van der Waals surface area contributed by atoms with Gasteiger partial charge in [0.15, 0.2) is 0 Å². The number of carbonyl (C=O) groups excluding carboxylic acids is 1. The van der Waals surface area contributed by atoms with Crippen LogP contribution in [0.5, 0.6) is 5.75 Å². The Balaban J connectivity index is 2.19. The number of rotatable bonds is 3. The second-order valence-electron chi connectivity index (χ2n) is 7.01. The van der Waals surface area contributed by atoms with Gasteiger partial charge in [0, 0.05) is 16.5 Å². The number of aliphatic hydroxyl groups is 1. The van der Waals surface area contributed by atoms with Gasteiger partial charge < -0.3 is 14.6 Å². The van der Waals surface area contributed by atoms with E-state index in [9.17, 15) is 9.90 Å². The summed E-state index contributed by atoms with van der Waals surface area (Å²) in [7, 11) is 7.55. The van der Waals surface area contributed by atoms with Crippen molar-refractivity contribution in [2.75, 3.05) is 7.11 Å². The van der Waals surface area contributed by atoms with E-state index in [1.807, 2.05) is 54.6 Å². The lowest BCUT2D eigenvalue weighted by Gasteiger charge is -2.31. The molecule has 1 heterocycles. The summed E-state index contributed by atoms with van der Waals surface area (Å²) in [6.45, 7) is 1.65. The maximum absolute atomic E-state index is 12.8. The van der Waals surface area contributed by atoms with E-state index >= 15 is 0 Å². The van der Waals surface area contributed by atoms with Crippen LogP contribution in [-0.2, 0) is 11.3 Å². The summed E-state index contributed by atoms with van der Waals surface area (Å²) in [5.74, 6) is 0.0648. The van der Waals surface area contributed by atoms with E-state index in [0.717, 1.165) is 27.5 Å². The Hall–Kier alpha value is -3.05. The molecule has 1 aliphatic heterocycles. The van der Waals surface area contributed by atoms with Crippen LogP contribution in [0.15, 0.2) is 54.6 Å². The molecule has 2 radical (unpaired) electrons. The molecule has 28 heavy (non-hydrogen) atoms. The van der Waals surface area contributed by atoms with Crippen molar-refractivity contribution in [1.29, 1.82) is 0 Å². The number of benzene rings is 3. The van der Waals surface area contributed by atoms with Gasteiger partial charge in [-0.25, -0.2) is 4.79 Å². The van der Waals surface area contributed by atoms with E-state index in [2.05, 4.69) is 0 Å². The average molecular weight is 370 g/mol. The topological polar surface area (TPSA) is 55.8 Å². The smallest absolute Gasteiger partial charge is 0.339 e. The fourth-order valence-corrected chi connectivity index (χ4v) is 3.61. The molecule has 0 aliphatic carbocycles. The zero-order valence-corrected chi connectivity index (χ0v) is 15.7. The van der Waals surface area contributed by atoms with Gasteiger partial charge in [-0.05, 0) is 29.5 Å². The Morgan fingerprint density at radius 2 is 1.93 bits per heavy atom. The minimum atomic E-state index is -1.00. The van der Waals surface area contributed by atoms with Gasteiger partial charge >= 0.3 is 5.97 Å². The molecule has 1 aliphatic rings. The van der Waals surface area contributed by atoms with E-state index in [1.54, 1.807) is 13.0 Å². The summed E-state index contributed by atoms with van der Waals surface area (Å²) < 4.78 is 11.2. The molecule has 0 amide bonds. The normalized spacial score (nSPS) is 17.8. The van der Waals surface area contributed by atoms with Crippen molar-refractivity contribution in [1.82, 2.24) is 0 Å². The molecule has 0 bridgehead atoms. The van der Waals surface area contributed by atoms with E-state index < -0.39 is 11.5 Å². The molecule has 5 heteroatoms. The second-order valence-corrected chi connectivity index (χ2v) is 7.01. The first-order valence-electron chi connectivity index (χ1n) is 8.99. The highest BCUT2D eigenvalue weighted by molar-refractivity contribution is 6.18. The van der Waals surface area contributed by atoms with Crippen LogP contribution in [0.3, 0.4) is 0 Å². The lowest BCUT2D eigenvalue weighted by Crippen LogP contribution is -2.32. The van der Waals surface area contributed by atoms with Crippen molar-refractivity contribution in [3.63, 3.8) is 0 Å². The van der Waals surface area contributed by atoms with Crippen molar-refractivity contribution in [2.24, 2.45) is 0 Å². The highest BCUT2D eigenvalue weighted by atomic mass is 16.5. The number of methoxy groups -OCH3 is 1. The number of fused-ring (bicyclic) bond motifs is 3. The molecule has 3 aromatic rings. The summed E-state index contributed by atoms with van der Waals surface area (Å²) in [6.07, 6.45) is 3.53. The highest BCUT2D eigenvalue weighted by Gasteiger charge is 2.30. The summed E-state index contributed by atoms with van der Waals surface area (Å²) >= 11 is 0. The first-order valence-corrected chi connectivity index (χ1v) is 8.99. The molecule has 0 aromatic heterocycles. The monoisotopic (exact) mass is 370 g/mol. The van der Waals surface area contributed by atoms with E-state index in [1.165, 1.54) is 7.11 Å². The molecule has 1 unspecified atom stereocenters. The third-order valence-electron chi connectivity index (χ3n) is 4.90. The van der Waals surface area contributed by atoms with Gasteiger partial charge in [-0.15, -0.1) is 0 Å². The second kappa shape index (κ2) is 6.84. The molecular formula is C23H19BO4. The predicted octanol–water partition coefficient (Wildman–Crippen LogP) is 4.08. The Morgan fingerprint density at radius 1 is 1.18 bits per heavy atom. The van der Waals surface area contributed by atoms with Crippen LogP contribution in [0.1, 0.15) is 28.4 Å². The first kappa shape index (κ1) is 18.3. The van der Waals surface area contributed by atoms with Gasteiger partial charge in [0.1, 0.15) is 13.6 Å². The Bertz CT molecular complexity index is 1100. The molecule has 4 rings (SSSR count). The zero-order valence-electron chi connectivity index (χ0n) is 15.7. The molecule has 1 N–H and O–H groups in total. The van der Waals surface area contributed by atoms with Crippen LogP contribution < -0.4 is 4.74 Å². The number of carbonyl (C=O) groups is 1. The number of hydrogen-bond donors (Lipinski definition) is 1. The van der Waals surface area contributed by atoms with Crippen molar-refractivity contribution < 1.29 is 19.4 Å². The van der Waals surface area contributed by atoms with Crippen molar-refractivity contribution in [3.05, 3.63) is 71.3 Å². The van der Waals surface area contributed by atoms with Crippen LogP contribution in [0.25, 0.3) is 28.0 Å². The van der Waals surface area contributed by atoms with Crippen LogP contribution in [-0.4, -0.2) is 31.5 Å². The molecule has 0 fully saturated rings. The Labute approximate surface area is 164 Å². The van der Waals surface area contributed by atoms with Gasteiger partial charge in [0.2, 0.25) is 0 Å². The van der Waals surface area contributed by atoms with Crippen molar-refractivity contribution in [3.8, 4) is 16.9 Å². The number of hydrogen-bond acceptors (Lipinski definition) is 4. The van der Waals surface area contributed by atoms with Crippen LogP contribution in [0.2, 0.25) is 0 Å². The van der Waals surface area contributed by atoms with Gasteiger partial charge in [0.05, 0.1) is 24.8 Å². The molecule has 138 valence electrons. The maximum atomic E-state index is 12.8. The quantitative estimate of drug-likeness (QED) is 0.558. The Morgan fingerprint density at radius 3 is 2.61 bits per heavy atom. The maximum Gasteiger partial charge on any atom is 0.339 e. The molecule has 4 nitrogen and oxygen atoms in total. The van der Waals surface area contributed by atoms with Crippen LogP contribution in [0, 0.1) is 0 Å². The number of aliphatic hydroxyl groups excluding tert-OH is 1.